The van der Waals surface area contributed by atoms with Gasteiger partial charge in [-0.2, -0.15) is 0 Å². The Labute approximate surface area is 112 Å². The van der Waals surface area contributed by atoms with Crippen LogP contribution >= 0.6 is 11.3 Å². The summed E-state index contributed by atoms with van der Waals surface area (Å²) in [6.45, 7) is 6.75. The van der Waals surface area contributed by atoms with Gasteiger partial charge in [0.15, 0.2) is 0 Å². The summed E-state index contributed by atoms with van der Waals surface area (Å²) in [5, 5.41) is 16.3. The summed E-state index contributed by atoms with van der Waals surface area (Å²) in [5.41, 5.74) is 0. The van der Waals surface area contributed by atoms with E-state index in [1.165, 1.54) is 0 Å². The van der Waals surface area contributed by atoms with Gasteiger partial charge in [0.1, 0.15) is 5.01 Å². The number of β-amino-alcohol motifs (C(OH)–C–C–N with tert-alkyl or cyclic N) is 1. The van der Waals surface area contributed by atoms with E-state index in [9.17, 15) is 5.11 Å². The highest BCUT2D eigenvalue weighted by molar-refractivity contribution is 7.09. The number of aliphatic hydroxyl groups excluding tert-OH is 1. The van der Waals surface area contributed by atoms with Crippen LogP contribution in [0, 0.1) is 0 Å². The number of thiazole rings is 1. The van der Waals surface area contributed by atoms with E-state index in [0.29, 0.717) is 13.1 Å². The minimum Gasteiger partial charge on any atom is -0.390 e. The molecule has 0 aliphatic carbocycles. The Morgan fingerprint density at radius 2 is 2.33 bits per heavy atom. The lowest BCUT2D eigenvalue weighted by Gasteiger charge is -2.28. The van der Waals surface area contributed by atoms with Gasteiger partial charge < -0.3 is 15.2 Å². The molecule has 2 heterocycles. The van der Waals surface area contributed by atoms with Crippen LogP contribution in [0.5, 0.6) is 0 Å². The molecule has 0 spiro atoms. The summed E-state index contributed by atoms with van der Waals surface area (Å²) < 4.78 is 5.28. The number of ether oxygens (including phenoxy) is 1. The highest BCUT2D eigenvalue weighted by Gasteiger charge is 2.16. The van der Waals surface area contributed by atoms with Crippen LogP contribution in [-0.4, -0.2) is 60.5 Å². The van der Waals surface area contributed by atoms with Crippen LogP contribution in [0.3, 0.4) is 0 Å². The molecular formula is C12H21N3O2S. The molecule has 6 heteroatoms. The summed E-state index contributed by atoms with van der Waals surface area (Å²) in [6.07, 6.45) is 1.47. The van der Waals surface area contributed by atoms with Crippen molar-refractivity contribution in [2.45, 2.75) is 19.1 Å². The molecular weight excluding hydrogens is 250 g/mol. The van der Waals surface area contributed by atoms with Crippen LogP contribution in [0.1, 0.15) is 18.0 Å². The first-order chi connectivity index (χ1) is 8.75. The number of rotatable bonds is 6. The van der Waals surface area contributed by atoms with E-state index in [-0.39, 0.29) is 12.1 Å². The van der Waals surface area contributed by atoms with Gasteiger partial charge in [-0.25, -0.2) is 4.98 Å². The number of nitrogens with zero attached hydrogens (tertiary/aromatic N) is 2. The molecule has 0 amide bonds. The van der Waals surface area contributed by atoms with E-state index in [2.05, 4.69) is 22.1 Å². The molecule has 0 aromatic carbocycles. The van der Waals surface area contributed by atoms with Crippen molar-refractivity contribution in [1.29, 1.82) is 0 Å². The summed E-state index contributed by atoms with van der Waals surface area (Å²) in [4.78, 5) is 6.50. The molecule has 1 aromatic rings. The van der Waals surface area contributed by atoms with Crippen LogP contribution in [-0.2, 0) is 4.74 Å². The zero-order valence-electron chi connectivity index (χ0n) is 10.7. The Bertz CT molecular complexity index is 328. The standard InChI is InChI=1S/C12H21N3O2S/c1-10(12-13-2-7-18-12)14-8-11(16)9-15-3-5-17-6-4-15/h2,7,10-11,14,16H,3-6,8-9H2,1H3. The van der Waals surface area contributed by atoms with E-state index < -0.39 is 0 Å². The summed E-state index contributed by atoms with van der Waals surface area (Å²) in [6, 6.07) is 0.198. The number of nitrogens with one attached hydrogen (secondary N) is 1. The van der Waals surface area contributed by atoms with Gasteiger partial charge in [-0.15, -0.1) is 11.3 Å². The van der Waals surface area contributed by atoms with E-state index in [1.54, 1.807) is 11.3 Å². The molecule has 102 valence electrons. The average molecular weight is 271 g/mol. The van der Waals surface area contributed by atoms with Crippen LogP contribution in [0.2, 0.25) is 0 Å². The SMILES string of the molecule is CC(NCC(O)CN1CCOCC1)c1nccs1. The Morgan fingerprint density at radius 3 is 3.00 bits per heavy atom. The van der Waals surface area contributed by atoms with Crippen molar-refractivity contribution in [2.75, 3.05) is 39.4 Å². The number of aliphatic hydroxyl groups is 1. The molecule has 1 saturated heterocycles. The monoisotopic (exact) mass is 271 g/mol. The quantitative estimate of drug-likeness (QED) is 0.788. The third-order valence-corrected chi connectivity index (χ3v) is 4.01. The fourth-order valence-corrected chi connectivity index (χ4v) is 2.67. The summed E-state index contributed by atoms with van der Waals surface area (Å²) >= 11 is 1.64. The first-order valence-electron chi connectivity index (χ1n) is 6.36. The third kappa shape index (κ3) is 4.29. The van der Waals surface area contributed by atoms with Gasteiger partial charge in [-0.05, 0) is 6.92 Å². The summed E-state index contributed by atoms with van der Waals surface area (Å²) in [7, 11) is 0. The van der Waals surface area contributed by atoms with E-state index in [1.807, 2.05) is 11.6 Å². The molecule has 0 bridgehead atoms. The number of aromatic nitrogens is 1. The molecule has 0 saturated carbocycles. The number of morpholine rings is 1. The minimum atomic E-state index is -0.342. The second-order valence-corrected chi connectivity index (χ2v) is 5.49. The number of hydrogen-bond acceptors (Lipinski definition) is 6. The zero-order valence-corrected chi connectivity index (χ0v) is 11.5. The van der Waals surface area contributed by atoms with Gasteiger partial charge in [0.05, 0.1) is 25.4 Å². The van der Waals surface area contributed by atoms with Crippen LogP contribution in [0.4, 0.5) is 0 Å². The van der Waals surface area contributed by atoms with E-state index >= 15 is 0 Å². The Balaban J connectivity index is 1.66. The van der Waals surface area contributed by atoms with Crippen LogP contribution < -0.4 is 5.32 Å². The Kier molecular flexibility index (Phi) is 5.52. The lowest BCUT2D eigenvalue weighted by atomic mass is 10.2. The van der Waals surface area contributed by atoms with Gasteiger partial charge in [0.25, 0.3) is 0 Å². The van der Waals surface area contributed by atoms with E-state index in [4.69, 9.17) is 4.74 Å². The second-order valence-electron chi connectivity index (χ2n) is 4.57. The lowest BCUT2D eigenvalue weighted by molar-refractivity contribution is 0.0145. The van der Waals surface area contributed by atoms with Gasteiger partial charge in [0, 0.05) is 37.8 Å². The fraction of sp³-hybridized carbons (Fsp3) is 0.750. The molecule has 1 aliphatic heterocycles. The first kappa shape index (κ1) is 13.9. The van der Waals surface area contributed by atoms with Gasteiger partial charge in [0.2, 0.25) is 0 Å². The van der Waals surface area contributed by atoms with E-state index in [0.717, 1.165) is 31.3 Å². The van der Waals surface area contributed by atoms with Crippen molar-refractivity contribution >= 4 is 11.3 Å². The minimum absolute atomic E-state index is 0.198. The average Bonchev–Trinajstić information content (AvgIpc) is 2.91. The summed E-state index contributed by atoms with van der Waals surface area (Å²) in [5.74, 6) is 0. The fourth-order valence-electron chi connectivity index (χ4n) is 1.99. The maximum Gasteiger partial charge on any atom is 0.109 e. The topological polar surface area (TPSA) is 57.6 Å². The molecule has 1 fully saturated rings. The molecule has 1 aromatic heterocycles. The number of hydrogen-bond donors (Lipinski definition) is 2. The highest BCUT2D eigenvalue weighted by atomic mass is 32.1. The molecule has 5 nitrogen and oxygen atoms in total. The van der Waals surface area contributed by atoms with Gasteiger partial charge >= 0.3 is 0 Å². The Morgan fingerprint density at radius 1 is 1.56 bits per heavy atom. The molecule has 18 heavy (non-hydrogen) atoms. The lowest BCUT2D eigenvalue weighted by Crippen LogP contribution is -2.44. The second kappa shape index (κ2) is 7.16. The first-order valence-corrected chi connectivity index (χ1v) is 7.24. The van der Waals surface area contributed by atoms with Crippen molar-refractivity contribution in [3.8, 4) is 0 Å². The molecule has 2 rings (SSSR count). The Hall–Kier alpha value is -0.530. The van der Waals surface area contributed by atoms with Crippen molar-refractivity contribution in [3.63, 3.8) is 0 Å². The molecule has 2 N–H and O–H groups in total. The maximum atomic E-state index is 9.99. The van der Waals surface area contributed by atoms with Crippen molar-refractivity contribution in [1.82, 2.24) is 15.2 Å². The predicted octanol–water partition coefficient (Wildman–Crippen LogP) is 0.487. The maximum absolute atomic E-state index is 9.99. The predicted molar refractivity (Wildman–Crippen MR) is 71.8 cm³/mol. The van der Waals surface area contributed by atoms with Crippen LogP contribution in [0.15, 0.2) is 11.6 Å². The third-order valence-electron chi connectivity index (χ3n) is 3.05. The normalized spacial score (nSPS) is 20.8. The zero-order chi connectivity index (χ0) is 12.8. The molecule has 2 atom stereocenters. The molecule has 2 unspecified atom stereocenters. The highest BCUT2D eigenvalue weighted by Crippen LogP contribution is 2.14. The largest absolute Gasteiger partial charge is 0.390 e. The van der Waals surface area contributed by atoms with Gasteiger partial charge in [-0.1, -0.05) is 0 Å². The van der Waals surface area contributed by atoms with Gasteiger partial charge in [-0.3, -0.25) is 4.90 Å². The molecule has 0 radical (unpaired) electrons. The van der Waals surface area contributed by atoms with Crippen molar-refractivity contribution < 1.29 is 9.84 Å². The van der Waals surface area contributed by atoms with Crippen LogP contribution in [0.25, 0.3) is 0 Å². The smallest absolute Gasteiger partial charge is 0.109 e. The van der Waals surface area contributed by atoms with Crippen molar-refractivity contribution in [3.05, 3.63) is 16.6 Å². The van der Waals surface area contributed by atoms with Crippen molar-refractivity contribution in [2.24, 2.45) is 0 Å². The molecule has 1 aliphatic rings.